The van der Waals surface area contributed by atoms with Gasteiger partial charge in [-0.05, 0) is 31.2 Å². The summed E-state index contributed by atoms with van der Waals surface area (Å²) in [6.07, 6.45) is 1.02. The van der Waals surface area contributed by atoms with Crippen molar-refractivity contribution in [3.8, 4) is 6.07 Å². The van der Waals surface area contributed by atoms with Gasteiger partial charge in [-0.2, -0.15) is 5.26 Å². The molecule has 1 fully saturated rings. The molecule has 0 amide bonds. The summed E-state index contributed by atoms with van der Waals surface area (Å²) >= 11 is 0. The predicted molar refractivity (Wildman–Crippen MR) is 73.0 cm³/mol. The molecule has 0 aliphatic carbocycles. The first-order valence-electron chi connectivity index (χ1n) is 6.75. The first-order chi connectivity index (χ1) is 9.15. The maximum Gasteiger partial charge on any atom is 0.124 e. The second-order valence-corrected chi connectivity index (χ2v) is 5.15. The van der Waals surface area contributed by atoms with E-state index in [2.05, 4.69) is 29.8 Å². The van der Waals surface area contributed by atoms with E-state index in [4.69, 9.17) is 0 Å². The van der Waals surface area contributed by atoms with Gasteiger partial charge in [0.1, 0.15) is 11.9 Å². The van der Waals surface area contributed by atoms with Crippen molar-refractivity contribution in [2.45, 2.75) is 25.4 Å². The molecule has 2 atom stereocenters. The number of benzene rings is 1. The number of likely N-dealkylation sites (N-methyl/N-ethyl adjacent to an activating group) is 1. The maximum absolute atomic E-state index is 13.0. The normalized spacial score (nSPS) is 22.9. The number of halogens is 1. The summed E-state index contributed by atoms with van der Waals surface area (Å²) in [6, 6.07) is 8.76. The van der Waals surface area contributed by atoms with Crippen LogP contribution < -0.4 is 0 Å². The smallest absolute Gasteiger partial charge is 0.124 e. The zero-order chi connectivity index (χ0) is 13.8. The Kier molecular flexibility index (Phi) is 4.52. The highest BCUT2D eigenvalue weighted by Gasteiger charge is 2.30. The lowest BCUT2D eigenvalue weighted by molar-refractivity contribution is 0.0675. The second-order valence-electron chi connectivity index (χ2n) is 5.15. The van der Waals surface area contributed by atoms with E-state index in [-0.39, 0.29) is 11.9 Å². The van der Waals surface area contributed by atoms with Crippen molar-refractivity contribution >= 4 is 0 Å². The van der Waals surface area contributed by atoms with E-state index in [0.717, 1.165) is 31.6 Å². The van der Waals surface area contributed by atoms with Gasteiger partial charge < -0.3 is 4.90 Å². The van der Waals surface area contributed by atoms with Crippen LogP contribution in [0.3, 0.4) is 0 Å². The third kappa shape index (κ3) is 3.12. The fraction of sp³-hybridized carbons (Fsp3) is 0.533. The van der Waals surface area contributed by atoms with Crippen LogP contribution in [-0.4, -0.2) is 42.5 Å². The van der Waals surface area contributed by atoms with Gasteiger partial charge in [0.2, 0.25) is 0 Å². The van der Waals surface area contributed by atoms with Crippen LogP contribution in [0, 0.1) is 17.1 Å². The van der Waals surface area contributed by atoms with Crippen LogP contribution in [0.15, 0.2) is 24.3 Å². The molecule has 3 nitrogen and oxygen atoms in total. The van der Waals surface area contributed by atoms with Crippen LogP contribution in [0.25, 0.3) is 0 Å². The molecule has 1 aromatic carbocycles. The summed E-state index contributed by atoms with van der Waals surface area (Å²) in [4.78, 5) is 4.54. The Morgan fingerprint density at radius 3 is 2.63 bits per heavy atom. The number of nitriles is 1. The number of hydrogen-bond acceptors (Lipinski definition) is 3. The van der Waals surface area contributed by atoms with Gasteiger partial charge in [-0.1, -0.05) is 19.1 Å². The van der Waals surface area contributed by atoms with Gasteiger partial charge in [0, 0.05) is 25.7 Å². The number of rotatable bonds is 3. The summed E-state index contributed by atoms with van der Waals surface area (Å²) in [7, 11) is 2.11. The molecule has 19 heavy (non-hydrogen) atoms. The van der Waals surface area contributed by atoms with Gasteiger partial charge in [0.05, 0.1) is 6.07 Å². The van der Waals surface area contributed by atoms with Crippen molar-refractivity contribution < 1.29 is 4.39 Å². The first-order valence-corrected chi connectivity index (χ1v) is 6.75. The fourth-order valence-electron chi connectivity index (χ4n) is 2.71. The largest absolute Gasteiger partial charge is 0.304 e. The molecule has 2 rings (SSSR count). The van der Waals surface area contributed by atoms with Crippen LogP contribution >= 0.6 is 0 Å². The lowest BCUT2D eigenvalue weighted by Gasteiger charge is -2.42. The van der Waals surface area contributed by atoms with Gasteiger partial charge in [-0.15, -0.1) is 0 Å². The van der Waals surface area contributed by atoms with E-state index >= 15 is 0 Å². The average Bonchev–Trinajstić information content (AvgIpc) is 2.43. The minimum atomic E-state index is -0.278. The van der Waals surface area contributed by atoms with Crippen molar-refractivity contribution in [3.63, 3.8) is 0 Å². The van der Waals surface area contributed by atoms with Crippen LogP contribution in [0.5, 0.6) is 0 Å². The SMILES string of the molecule is CCC1CN(C)CCN1C(C#N)c1ccc(F)cc1. The van der Waals surface area contributed by atoms with Crippen LogP contribution in [-0.2, 0) is 0 Å². The molecule has 2 unspecified atom stereocenters. The van der Waals surface area contributed by atoms with Gasteiger partial charge >= 0.3 is 0 Å². The minimum absolute atomic E-state index is 0.258. The Labute approximate surface area is 114 Å². The van der Waals surface area contributed by atoms with E-state index in [1.807, 2.05) is 0 Å². The van der Waals surface area contributed by atoms with Crippen LogP contribution in [0.1, 0.15) is 24.9 Å². The summed E-state index contributed by atoms with van der Waals surface area (Å²) in [6.45, 7) is 4.98. The average molecular weight is 261 g/mol. The highest BCUT2D eigenvalue weighted by Crippen LogP contribution is 2.26. The van der Waals surface area contributed by atoms with E-state index in [1.54, 1.807) is 12.1 Å². The third-order valence-electron chi connectivity index (χ3n) is 3.84. The van der Waals surface area contributed by atoms with E-state index in [0.29, 0.717) is 6.04 Å². The Hall–Kier alpha value is -1.44. The monoisotopic (exact) mass is 261 g/mol. The minimum Gasteiger partial charge on any atom is -0.304 e. The van der Waals surface area contributed by atoms with Crippen LogP contribution in [0.4, 0.5) is 4.39 Å². The number of piperazine rings is 1. The molecule has 0 radical (unpaired) electrons. The summed E-state index contributed by atoms with van der Waals surface area (Å²) < 4.78 is 13.0. The molecule has 1 heterocycles. The van der Waals surface area contributed by atoms with Crippen molar-refractivity contribution in [3.05, 3.63) is 35.6 Å². The highest BCUT2D eigenvalue weighted by molar-refractivity contribution is 5.25. The van der Waals surface area contributed by atoms with Gasteiger partial charge in [0.25, 0.3) is 0 Å². The molecule has 0 N–H and O–H groups in total. The molecule has 1 saturated heterocycles. The molecule has 4 heteroatoms. The summed E-state index contributed by atoms with van der Waals surface area (Å²) in [5.41, 5.74) is 0.881. The Morgan fingerprint density at radius 1 is 1.37 bits per heavy atom. The molecule has 102 valence electrons. The van der Waals surface area contributed by atoms with E-state index in [1.165, 1.54) is 12.1 Å². The van der Waals surface area contributed by atoms with Gasteiger partial charge in [-0.25, -0.2) is 4.39 Å². The van der Waals surface area contributed by atoms with Crippen molar-refractivity contribution in [1.29, 1.82) is 5.26 Å². The molecule has 0 saturated carbocycles. The quantitative estimate of drug-likeness (QED) is 0.837. The topological polar surface area (TPSA) is 30.3 Å². The maximum atomic E-state index is 13.0. The van der Waals surface area contributed by atoms with Crippen LogP contribution in [0.2, 0.25) is 0 Å². The molecular weight excluding hydrogens is 241 g/mol. The Balaban J connectivity index is 2.21. The molecule has 1 aliphatic rings. The molecular formula is C15H20FN3. The van der Waals surface area contributed by atoms with Gasteiger partial charge in [-0.3, -0.25) is 4.90 Å². The standard InChI is InChI=1S/C15H20FN3/c1-3-14-11-18(2)8-9-19(14)15(10-17)12-4-6-13(16)7-5-12/h4-7,14-15H,3,8-9,11H2,1-2H3. The predicted octanol–water partition coefficient (Wildman–Crippen LogP) is 2.42. The number of hydrogen-bond donors (Lipinski definition) is 0. The Bertz CT molecular complexity index is 451. The van der Waals surface area contributed by atoms with Crippen molar-refractivity contribution in [2.24, 2.45) is 0 Å². The van der Waals surface area contributed by atoms with Crippen molar-refractivity contribution in [2.75, 3.05) is 26.7 Å². The molecule has 0 bridgehead atoms. The third-order valence-corrected chi connectivity index (χ3v) is 3.84. The Morgan fingerprint density at radius 2 is 2.05 bits per heavy atom. The zero-order valence-electron chi connectivity index (χ0n) is 11.5. The molecule has 0 aromatic heterocycles. The molecule has 1 aliphatic heterocycles. The lowest BCUT2D eigenvalue weighted by atomic mass is 10.0. The summed E-state index contributed by atoms with van der Waals surface area (Å²) in [5, 5.41) is 9.48. The highest BCUT2D eigenvalue weighted by atomic mass is 19.1. The molecule has 1 aromatic rings. The molecule has 0 spiro atoms. The second kappa shape index (κ2) is 6.14. The first kappa shape index (κ1) is 14.0. The number of nitrogens with zero attached hydrogens (tertiary/aromatic N) is 3. The fourth-order valence-corrected chi connectivity index (χ4v) is 2.71. The van der Waals surface area contributed by atoms with Gasteiger partial charge in [0.15, 0.2) is 0 Å². The summed E-state index contributed by atoms with van der Waals surface area (Å²) in [5.74, 6) is -0.258. The van der Waals surface area contributed by atoms with E-state index < -0.39 is 0 Å². The van der Waals surface area contributed by atoms with E-state index in [9.17, 15) is 9.65 Å². The zero-order valence-corrected chi connectivity index (χ0v) is 11.5. The lowest BCUT2D eigenvalue weighted by Crippen LogP contribution is -2.52. The van der Waals surface area contributed by atoms with Crippen molar-refractivity contribution in [1.82, 2.24) is 9.80 Å².